The number of hydrogen-bond donors (Lipinski definition) is 1. The van der Waals surface area contributed by atoms with Crippen molar-refractivity contribution in [2.24, 2.45) is 0 Å². The van der Waals surface area contributed by atoms with Crippen molar-refractivity contribution in [1.29, 1.82) is 0 Å². The highest BCUT2D eigenvalue weighted by Crippen LogP contribution is 2.26. The number of halogens is 1. The first-order valence-electron chi connectivity index (χ1n) is 6.23. The summed E-state index contributed by atoms with van der Waals surface area (Å²) < 4.78 is 10.8. The van der Waals surface area contributed by atoms with Crippen LogP contribution in [0.2, 0.25) is 5.15 Å². The second kappa shape index (κ2) is 6.21. The third-order valence-corrected chi connectivity index (χ3v) is 3.43. The van der Waals surface area contributed by atoms with Crippen LogP contribution < -0.4 is 5.32 Å². The Bertz CT molecular complexity index is 467. The summed E-state index contributed by atoms with van der Waals surface area (Å²) in [4.78, 5) is 16.1. The number of rotatable bonds is 4. The van der Waals surface area contributed by atoms with Gasteiger partial charge in [-0.3, -0.25) is 0 Å². The molecule has 1 aliphatic rings. The molecule has 1 aliphatic carbocycles. The van der Waals surface area contributed by atoms with Gasteiger partial charge < -0.3 is 14.8 Å². The highest BCUT2D eigenvalue weighted by molar-refractivity contribution is 6.29. The van der Waals surface area contributed by atoms with Gasteiger partial charge in [-0.15, -0.1) is 0 Å². The van der Waals surface area contributed by atoms with E-state index in [1.807, 2.05) is 0 Å². The number of hydrogen-bond acceptors (Lipinski definition) is 5. The quantitative estimate of drug-likeness (QED) is 0.680. The van der Waals surface area contributed by atoms with Crippen LogP contribution >= 0.6 is 11.6 Å². The topological polar surface area (TPSA) is 60.5 Å². The molecular weight excluding hydrogens is 268 g/mol. The van der Waals surface area contributed by atoms with E-state index in [0.29, 0.717) is 11.4 Å². The summed E-state index contributed by atoms with van der Waals surface area (Å²) in [6, 6.07) is 3.12. The summed E-state index contributed by atoms with van der Waals surface area (Å²) in [6.45, 7) is 0. The minimum Gasteiger partial charge on any atom is -0.456 e. The predicted molar refractivity (Wildman–Crippen MR) is 72.6 cm³/mol. The summed E-state index contributed by atoms with van der Waals surface area (Å²) in [5.74, 6) is 0.143. The number of methoxy groups -OCH3 is 1. The molecule has 0 bridgehead atoms. The van der Waals surface area contributed by atoms with Gasteiger partial charge in [-0.25, -0.2) is 9.78 Å². The average molecular weight is 285 g/mol. The molecule has 1 heterocycles. The molecule has 0 unspecified atom stereocenters. The Morgan fingerprint density at radius 3 is 2.84 bits per heavy atom. The van der Waals surface area contributed by atoms with Crippen molar-refractivity contribution in [2.75, 3.05) is 19.5 Å². The fraction of sp³-hybridized carbons (Fsp3) is 0.538. The molecule has 0 amide bonds. The Morgan fingerprint density at radius 1 is 1.42 bits per heavy atom. The number of nitrogens with one attached hydrogen (secondary N) is 1. The molecule has 0 radical (unpaired) electrons. The number of esters is 1. The van der Waals surface area contributed by atoms with Gasteiger partial charge in [0.15, 0.2) is 0 Å². The highest BCUT2D eigenvalue weighted by Gasteiger charge is 2.30. The van der Waals surface area contributed by atoms with Crippen molar-refractivity contribution in [3.05, 3.63) is 22.8 Å². The molecule has 1 fully saturated rings. The van der Waals surface area contributed by atoms with E-state index >= 15 is 0 Å². The minimum absolute atomic E-state index is 0.00923. The van der Waals surface area contributed by atoms with Crippen LogP contribution in [0.5, 0.6) is 0 Å². The van der Waals surface area contributed by atoms with Gasteiger partial charge in [0.2, 0.25) is 0 Å². The number of pyridine rings is 1. The van der Waals surface area contributed by atoms with Crippen LogP contribution in [0.4, 0.5) is 5.82 Å². The van der Waals surface area contributed by atoms with Crippen molar-refractivity contribution in [3.8, 4) is 0 Å². The Balaban J connectivity index is 2.09. The molecule has 5 nitrogen and oxygen atoms in total. The van der Waals surface area contributed by atoms with Gasteiger partial charge in [-0.1, -0.05) is 11.6 Å². The number of aromatic nitrogens is 1. The van der Waals surface area contributed by atoms with E-state index in [0.717, 1.165) is 19.3 Å². The molecule has 0 aromatic carbocycles. The predicted octanol–water partition coefficient (Wildman–Crippen LogP) is 2.50. The van der Waals surface area contributed by atoms with Crippen LogP contribution in [0, 0.1) is 0 Å². The maximum absolute atomic E-state index is 12.1. The lowest BCUT2D eigenvalue weighted by Gasteiger charge is -2.18. The first kappa shape index (κ1) is 14.1. The zero-order chi connectivity index (χ0) is 13.8. The molecule has 0 spiro atoms. The molecule has 2 rings (SSSR count). The number of carbonyl (C=O) groups excluding carboxylic acids is 1. The van der Waals surface area contributed by atoms with Gasteiger partial charge in [0, 0.05) is 14.2 Å². The van der Waals surface area contributed by atoms with E-state index in [2.05, 4.69) is 10.3 Å². The summed E-state index contributed by atoms with van der Waals surface area (Å²) in [5, 5.41) is 3.11. The zero-order valence-corrected chi connectivity index (χ0v) is 11.7. The Hall–Kier alpha value is -1.33. The Labute approximate surface area is 117 Å². The van der Waals surface area contributed by atoms with E-state index in [1.54, 1.807) is 20.2 Å². The summed E-state index contributed by atoms with van der Waals surface area (Å²) >= 11 is 5.86. The minimum atomic E-state index is -0.394. The van der Waals surface area contributed by atoms with Gasteiger partial charge >= 0.3 is 5.97 Å². The number of nitrogens with zero attached hydrogens (tertiary/aromatic N) is 1. The molecule has 19 heavy (non-hydrogen) atoms. The molecule has 0 saturated heterocycles. The van der Waals surface area contributed by atoms with Gasteiger partial charge in [0.05, 0.1) is 11.7 Å². The van der Waals surface area contributed by atoms with Crippen LogP contribution in [-0.4, -0.2) is 37.3 Å². The smallest absolute Gasteiger partial charge is 0.338 e. The van der Waals surface area contributed by atoms with Crippen LogP contribution in [0.3, 0.4) is 0 Å². The van der Waals surface area contributed by atoms with Gasteiger partial charge in [-0.2, -0.15) is 0 Å². The number of anilines is 1. The van der Waals surface area contributed by atoms with Gasteiger partial charge in [0.1, 0.15) is 17.1 Å². The summed E-state index contributed by atoms with van der Waals surface area (Å²) in [6.07, 6.45) is 2.58. The normalized spacial score (nSPS) is 22.3. The van der Waals surface area contributed by atoms with E-state index in [1.165, 1.54) is 6.07 Å². The van der Waals surface area contributed by atoms with Crippen molar-refractivity contribution in [3.63, 3.8) is 0 Å². The molecule has 2 atom stereocenters. The van der Waals surface area contributed by atoms with Crippen LogP contribution in [0.25, 0.3) is 0 Å². The molecule has 1 saturated carbocycles. The summed E-state index contributed by atoms with van der Waals surface area (Å²) in [5.41, 5.74) is 0.395. The van der Waals surface area contributed by atoms with Gasteiger partial charge in [-0.05, 0) is 31.4 Å². The maximum Gasteiger partial charge on any atom is 0.338 e. The lowest BCUT2D eigenvalue weighted by molar-refractivity contribution is -0.0206. The first-order chi connectivity index (χ1) is 9.13. The van der Waals surface area contributed by atoms with Crippen LogP contribution in [0.15, 0.2) is 12.1 Å². The first-order valence-corrected chi connectivity index (χ1v) is 6.61. The molecule has 1 N–H and O–H groups in total. The van der Waals surface area contributed by atoms with Crippen molar-refractivity contribution >= 4 is 23.4 Å². The monoisotopic (exact) mass is 284 g/mol. The van der Waals surface area contributed by atoms with Crippen molar-refractivity contribution < 1.29 is 14.3 Å². The molecular formula is C13H17ClN2O3. The largest absolute Gasteiger partial charge is 0.456 e. The molecule has 1 aromatic rings. The fourth-order valence-electron chi connectivity index (χ4n) is 2.24. The Morgan fingerprint density at radius 2 is 2.16 bits per heavy atom. The highest BCUT2D eigenvalue weighted by atomic mass is 35.5. The van der Waals surface area contributed by atoms with E-state index in [4.69, 9.17) is 21.1 Å². The van der Waals surface area contributed by atoms with Crippen molar-refractivity contribution in [1.82, 2.24) is 4.98 Å². The lowest BCUT2D eigenvalue weighted by atomic mass is 10.2. The summed E-state index contributed by atoms with van der Waals surface area (Å²) in [7, 11) is 3.35. The average Bonchev–Trinajstić information content (AvgIpc) is 2.85. The van der Waals surface area contributed by atoms with E-state index in [-0.39, 0.29) is 17.4 Å². The number of ether oxygens (including phenoxy) is 2. The van der Waals surface area contributed by atoms with Crippen LogP contribution in [0.1, 0.15) is 29.6 Å². The fourth-order valence-corrected chi connectivity index (χ4v) is 2.45. The van der Waals surface area contributed by atoms with E-state index in [9.17, 15) is 4.79 Å². The standard InChI is InChI=1S/C13H17ClN2O3/c1-15-12-7-8(6-11(14)16-12)13(17)19-10-5-3-4-9(10)18-2/h6-7,9-10H,3-5H2,1-2H3,(H,15,16)/t9-,10+/m1/s1. The third kappa shape index (κ3) is 3.36. The SMILES string of the molecule is CNc1cc(C(=O)O[C@H]2CCC[C@H]2OC)cc(Cl)n1. The second-order valence-electron chi connectivity index (χ2n) is 4.46. The molecule has 6 heteroatoms. The van der Waals surface area contributed by atoms with Crippen molar-refractivity contribution in [2.45, 2.75) is 31.5 Å². The maximum atomic E-state index is 12.1. The molecule has 104 valence electrons. The Kier molecular flexibility index (Phi) is 4.61. The van der Waals surface area contributed by atoms with Gasteiger partial charge in [0.25, 0.3) is 0 Å². The second-order valence-corrected chi connectivity index (χ2v) is 4.85. The number of carbonyl (C=O) groups is 1. The molecule has 0 aliphatic heterocycles. The van der Waals surface area contributed by atoms with Crippen LogP contribution in [-0.2, 0) is 9.47 Å². The lowest BCUT2D eigenvalue weighted by Crippen LogP contribution is -2.27. The zero-order valence-electron chi connectivity index (χ0n) is 11.0. The third-order valence-electron chi connectivity index (χ3n) is 3.24. The molecule has 1 aromatic heterocycles. The van der Waals surface area contributed by atoms with E-state index < -0.39 is 5.97 Å².